The predicted molar refractivity (Wildman–Crippen MR) is 69.4 cm³/mol. The van der Waals surface area contributed by atoms with Gasteiger partial charge in [0.15, 0.2) is 4.67 Å². The van der Waals surface area contributed by atoms with E-state index in [0.717, 1.165) is 13.1 Å². The second-order valence-electron chi connectivity index (χ2n) is 3.82. The van der Waals surface area contributed by atoms with Crippen LogP contribution in [0.25, 0.3) is 0 Å². The third-order valence-electron chi connectivity index (χ3n) is 2.45. The summed E-state index contributed by atoms with van der Waals surface area (Å²) in [5.74, 6) is 0.437. The summed E-state index contributed by atoms with van der Waals surface area (Å²) in [5.41, 5.74) is 2.46. The number of nitrogens with one attached hydrogen (secondary N) is 1. The maximum absolute atomic E-state index is 11.6. The Morgan fingerprint density at radius 1 is 1.50 bits per heavy atom. The van der Waals surface area contributed by atoms with Gasteiger partial charge >= 0.3 is 0 Å². The zero-order valence-electron chi connectivity index (χ0n) is 9.76. The van der Waals surface area contributed by atoms with Crippen molar-refractivity contribution in [2.45, 2.75) is 0 Å². The number of rotatable bonds is 4. The molecule has 0 bridgehead atoms. The third kappa shape index (κ3) is 4.25. The monoisotopic (exact) mass is 315 g/mol. The van der Waals surface area contributed by atoms with Crippen molar-refractivity contribution in [3.63, 3.8) is 0 Å². The lowest BCUT2D eigenvalue weighted by Crippen LogP contribution is -2.42. The predicted octanol–water partition coefficient (Wildman–Crippen LogP) is 0.824. The number of ether oxygens (including phenoxy) is 1. The van der Waals surface area contributed by atoms with Gasteiger partial charge in [-0.05, 0) is 28.1 Å². The minimum absolute atomic E-state index is 0.140. The van der Waals surface area contributed by atoms with Gasteiger partial charge in [-0.15, -0.1) is 0 Å². The molecule has 2 heterocycles. The zero-order valence-corrected chi connectivity index (χ0v) is 11.4. The van der Waals surface area contributed by atoms with E-state index < -0.39 is 0 Å². The quantitative estimate of drug-likeness (QED) is 0.660. The van der Waals surface area contributed by atoms with Crippen LogP contribution in [0.5, 0.6) is 0 Å². The van der Waals surface area contributed by atoms with Crippen molar-refractivity contribution in [1.29, 1.82) is 0 Å². The molecule has 18 heavy (non-hydrogen) atoms. The van der Waals surface area contributed by atoms with Gasteiger partial charge in [-0.3, -0.25) is 9.69 Å². The Hall–Kier alpha value is -1.18. The zero-order chi connectivity index (χ0) is 12.8. The maximum atomic E-state index is 11.6. The van der Waals surface area contributed by atoms with Gasteiger partial charge in [0.05, 0.1) is 26.0 Å². The Bertz CT molecular complexity index is 427. The lowest BCUT2D eigenvalue weighted by Gasteiger charge is -2.25. The molecule has 1 aromatic rings. The Labute approximate surface area is 113 Å². The summed E-state index contributed by atoms with van der Waals surface area (Å²) in [6.07, 6.45) is 1.46. The van der Waals surface area contributed by atoms with Crippen LogP contribution in [0.3, 0.4) is 0 Å². The Morgan fingerprint density at radius 3 is 2.94 bits per heavy atom. The van der Waals surface area contributed by atoms with Gasteiger partial charge < -0.3 is 9.15 Å². The molecule has 1 fully saturated rings. The van der Waals surface area contributed by atoms with Crippen molar-refractivity contribution >= 4 is 28.1 Å². The van der Waals surface area contributed by atoms with Gasteiger partial charge in [-0.25, -0.2) is 5.43 Å². The number of hydrogen-bond acceptors (Lipinski definition) is 5. The van der Waals surface area contributed by atoms with Crippen LogP contribution in [0.4, 0.5) is 0 Å². The summed E-state index contributed by atoms with van der Waals surface area (Å²) >= 11 is 3.18. The first kappa shape index (κ1) is 13.3. The van der Waals surface area contributed by atoms with Crippen molar-refractivity contribution in [3.8, 4) is 0 Å². The number of nitrogens with zero attached hydrogens (tertiary/aromatic N) is 2. The fraction of sp³-hybridized carbons (Fsp3) is 0.455. The van der Waals surface area contributed by atoms with E-state index in [0.29, 0.717) is 30.2 Å². The molecule has 0 spiro atoms. The SMILES string of the molecule is O=C(CN1CCOCC1)NN=Cc1ccc(Br)o1. The first-order valence-electron chi connectivity index (χ1n) is 5.61. The van der Waals surface area contributed by atoms with Crippen molar-refractivity contribution < 1.29 is 13.9 Å². The molecule has 0 saturated carbocycles. The van der Waals surface area contributed by atoms with E-state index in [1.807, 2.05) is 4.90 Å². The molecule has 1 N–H and O–H groups in total. The molecule has 1 saturated heterocycles. The highest BCUT2D eigenvalue weighted by Gasteiger charge is 2.13. The molecule has 2 rings (SSSR count). The van der Waals surface area contributed by atoms with E-state index in [9.17, 15) is 4.79 Å². The van der Waals surface area contributed by atoms with Gasteiger partial charge in [0.2, 0.25) is 0 Å². The highest BCUT2D eigenvalue weighted by Crippen LogP contribution is 2.11. The topological polar surface area (TPSA) is 67.1 Å². The van der Waals surface area contributed by atoms with E-state index in [1.54, 1.807) is 12.1 Å². The molecule has 0 atom stereocenters. The number of morpholine rings is 1. The van der Waals surface area contributed by atoms with Crippen molar-refractivity contribution in [1.82, 2.24) is 10.3 Å². The summed E-state index contributed by atoms with van der Waals surface area (Å²) in [6.45, 7) is 3.25. The van der Waals surface area contributed by atoms with Crippen molar-refractivity contribution in [3.05, 3.63) is 22.6 Å². The molecular formula is C11H14BrN3O3. The first-order chi connectivity index (χ1) is 8.74. The Morgan fingerprint density at radius 2 is 2.28 bits per heavy atom. The Balaban J connectivity index is 1.72. The van der Waals surface area contributed by atoms with Crippen molar-refractivity contribution in [2.75, 3.05) is 32.8 Å². The van der Waals surface area contributed by atoms with Gasteiger partial charge in [0, 0.05) is 13.1 Å². The normalized spacial score (nSPS) is 17.2. The second-order valence-corrected chi connectivity index (χ2v) is 4.61. The highest BCUT2D eigenvalue weighted by molar-refractivity contribution is 9.10. The van der Waals surface area contributed by atoms with Crippen LogP contribution in [-0.4, -0.2) is 49.9 Å². The number of furan rings is 1. The molecule has 1 aromatic heterocycles. The van der Waals surface area contributed by atoms with Gasteiger partial charge in [-0.1, -0.05) is 0 Å². The average Bonchev–Trinajstić information content (AvgIpc) is 2.76. The number of halogens is 1. The van der Waals surface area contributed by atoms with Crippen LogP contribution in [0.1, 0.15) is 5.76 Å². The fourth-order valence-corrected chi connectivity index (χ4v) is 1.88. The third-order valence-corrected chi connectivity index (χ3v) is 2.87. The number of carbonyl (C=O) groups is 1. The molecule has 6 nitrogen and oxygen atoms in total. The van der Waals surface area contributed by atoms with Gasteiger partial charge in [-0.2, -0.15) is 5.10 Å². The summed E-state index contributed by atoms with van der Waals surface area (Å²) in [5, 5.41) is 3.82. The van der Waals surface area contributed by atoms with Crippen LogP contribution in [-0.2, 0) is 9.53 Å². The highest BCUT2D eigenvalue weighted by atomic mass is 79.9. The van der Waals surface area contributed by atoms with E-state index in [4.69, 9.17) is 9.15 Å². The summed E-state index contributed by atoms with van der Waals surface area (Å²) in [4.78, 5) is 13.6. The van der Waals surface area contributed by atoms with E-state index >= 15 is 0 Å². The Kier molecular flexibility index (Phi) is 4.91. The van der Waals surface area contributed by atoms with Crippen LogP contribution >= 0.6 is 15.9 Å². The summed E-state index contributed by atoms with van der Waals surface area (Å²) in [6, 6.07) is 3.51. The first-order valence-corrected chi connectivity index (χ1v) is 6.41. The molecule has 0 unspecified atom stereocenters. The number of hydrazone groups is 1. The molecule has 1 aliphatic heterocycles. The van der Waals surface area contributed by atoms with Crippen LogP contribution in [0, 0.1) is 0 Å². The largest absolute Gasteiger partial charge is 0.448 e. The van der Waals surface area contributed by atoms with Crippen LogP contribution < -0.4 is 5.43 Å². The number of carbonyl (C=O) groups excluding carboxylic acids is 1. The average molecular weight is 316 g/mol. The van der Waals surface area contributed by atoms with Crippen LogP contribution in [0.15, 0.2) is 26.3 Å². The molecule has 7 heteroatoms. The van der Waals surface area contributed by atoms with Gasteiger partial charge in [0.1, 0.15) is 5.76 Å². The standard InChI is InChI=1S/C11H14BrN3O3/c12-10-2-1-9(18-10)7-13-14-11(16)8-15-3-5-17-6-4-15/h1-2,7H,3-6,8H2,(H,14,16). The molecule has 1 aliphatic rings. The van der Waals surface area contributed by atoms with Crippen LogP contribution in [0.2, 0.25) is 0 Å². The van der Waals surface area contributed by atoms with Crippen molar-refractivity contribution in [2.24, 2.45) is 5.10 Å². The molecule has 98 valence electrons. The summed E-state index contributed by atoms with van der Waals surface area (Å²) < 4.78 is 11.0. The molecule has 1 amide bonds. The number of amides is 1. The minimum Gasteiger partial charge on any atom is -0.448 e. The van der Waals surface area contributed by atoms with E-state index in [-0.39, 0.29) is 5.91 Å². The lowest BCUT2D eigenvalue weighted by molar-refractivity contribution is -0.123. The fourth-order valence-electron chi connectivity index (χ4n) is 1.56. The maximum Gasteiger partial charge on any atom is 0.254 e. The second kappa shape index (κ2) is 6.67. The molecule has 0 radical (unpaired) electrons. The molecular weight excluding hydrogens is 302 g/mol. The molecule has 0 aromatic carbocycles. The minimum atomic E-state index is -0.140. The smallest absolute Gasteiger partial charge is 0.254 e. The molecule has 0 aliphatic carbocycles. The number of hydrogen-bond donors (Lipinski definition) is 1. The summed E-state index contributed by atoms with van der Waals surface area (Å²) in [7, 11) is 0. The lowest BCUT2D eigenvalue weighted by atomic mass is 10.4. The van der Waals surface area contributed by atoms with E-state index in [1.165, 1.54) is 6.21 Å². The van der Waals surface area contributed by atoms with E-state index in [2.05, 4.69) is 26.5 Å². The van der Waals surface area contributed by atoms with Gasteiger partial charge in [0.25, 0.3) is 5.91 Å².